The van der Waals surface area contributed by atoms with Crippen molar-refractivity contribution in [2.45, 2.75) is 0 Å². The van der Waals surface area contributed by atoms with E-state index in [0.717, 1.165) is 5.69 Å². The Kier molecular flexibility index (Phi) is 4.72. The van der Waals surface area contributed by atoms with Gasteiger partial charge in [-0.25, -0.2) is 0 Å². The van der Waals surface area contributed by atoms with Gasteiger partial charge in [0.2, 0.25) is 0 Å². The number of likely N-dealkylation sites (N-methyl/N-ethyl adjacent to an activating group) is 1. The summed E-state index contributed by atoms with van der Waals surface area (Å²) in [5.74, 6) is -0.331. The SMILES string of the molecule is COC(=O)CN(C)c1ccc(C(N)=S)cc1Cl. The molecule has 0 aliphatic heterocycles. The van der Waals surface area contributed by atoms with Crippen LogP contribution in [0.2, 0.25) is 5.02 Å². The number of nitrogens with zero attached hydrogens (tertiary/aromatic N) is 1. The summed E-state index contributed by atoms with van der Waals surface area (Å²) in [6, 6.07) is 5.20. The van der Waals surface area contributed by atoms with Crippen LogP contribution in [0, 0.1) is 0 Å². The highest BCUT2D eigenvalue weighted by atomic mass is 35.5. The van der Waals surface area contributed by atoms with Crippen molar-refractivity contribution in [3.05, 3.63) is 28.8 Å². The van der Waals surface area contributed by atoms with Gasteiger partial charge in [-0.2, -0.15) is 0 Å². The molecule has 0 radical (unpaired) electrons. The second kappa shape index (κ2) is 5.84. The van der Waals surface area contributed by atoms with Crippen molar-refractivity contribution in [3.8, 4) is 0 Å². The average Bonchev–Trinajstić information content (AvgIpc) is 2.28. The van der Waals surface area contributed by atoms with Gasteiger partial charge >= 0.3 is 5.97 Å². The van der Waals surface area contributed by atoms with E-state index >= 15 is 0 Å². The Bertz CT molecular complexity index is 451. The highest BCUT2D eigenvalue weighted by molar-refractivity contribution is 7.80. The Hall–Kier alpha value is -1.33. The van der Waals surface area contributed by atoms with Gasteiger partial charge in [0.25, 0.3) is 0 Å². The molecule has 0 saturated carbocycles. The number of esters is 1. The molecule has 0 unspecified atom stereocenters. The van der Waals surface area contributed by atoms with Gasteiger partial charge in [-0.15, -0.1) is 0 Å². The number of rotatable bonds is 4. The lowest BCUT2D eigenvalue weighted by atomic mass is 10.2. The number of benzene rings is 1. The molecule has 6 heteroatoms. The summed E-state index contributed by atoms with van der Waals surface area (Å²) < 4.78 is 4.58. The number of thiocarbonyl (C=S) groups is 1. The Labute approximate surface area is 110 Å². The van der Waals surface area contributed by atoms with Crippen molar-refractivity contribution in [2.75, 3.05) is 25.6 Å². The van der Waals surface area contributed by atoms with E-state index in [0.29, 0.717) is 10.6 Å². The molecule has 0 saturated heterocycles. The molecule has 0 heterocycles. The van der Waals surface area contributed by atoms with Crippen molar-refractivity contribution in [2.24, 2.45) is 5.73 Å². The third kappa shape index (κ3) is 3.57. The third-order valence-corrected chi connectivity index (χ3v) is 2.78. The van der Waals surface area contributed by atoms with Crippen molar-refractivity contribution >= 4 is 40.5 Å². The van der Waals surface area contributed by atoms with Gasteiger partial charge in [0, 0.05) is 12.6 Å². The summed E-state index contributed by atoms with van der Waals surface area (Å²) in [4.78, 5) is 13.1. The number of nitrogens with two attached hydrogens (primary N) is 1. The molecule has 0 aliphatic carbocycles. The first kappa shape index (κ1) is 13.7. The number of ether oxygens (including phenoxy) is 1. The van der Waals surface area contributed by atoms with Gasteiger partial charge in [-0.3, -0.25) is 4.79 Å². The van der Waals surface area contributed by atoms with Crippen molar-refractivity contribution in [3.63, 3.8) is 0 Å². The predicted octanol–water partition coefficient (Wildman–Crippen LogP) is 1.58. The maximum atomic E-state index is 11.1. The molecule has 17 heavy (non-hydrogen) atoms. The zero-order valence-corrected chi connectivity index (χ0v) is 11.1. The minimum atomic E-state index is -0.331. The smallest absolute Gasteiger partial charge is 0.325 e. The highest BCUT2D eigenvalue weighted by Gasteiger charge is 2.11. The number of carbonyl (C=O) groups is 1. The van der Waals surface area contributed by atoms with E-state index in [9.17, 15) is 4.79 Å². The molecule has 0 atom stereocenters. The van der Waals surface area contributed by atoms with Crippen LogP contribution in [-0.4, -0.2) is 31.7 Å². The number of methoxy groups -OCH3 is 1. The first-order valence-corrected chi connectivity index (χ1v) is 5.61. The summed E-state index contributed by atoms with van der Waals surface area (Å²) in [6.45, 7) is 0.128. The van der Waals surface area contributed by atoms with Crippen LogP contribution in [0.25, 0.3) is 0 Å². The number of carbonyl (C=O) groups excluding carboxylic acids is 1. The lowest BCUT2D eigenvalue weighted by Gasteiger charge is -2.19. The monoisotopic (exact) mass is 272 g/mol. The molecule has 4 nitrogen and oxygen atoms in total. The van der Waals surface area contributed by atoms with Crippen LogP contribution in [0.5, 0.6) is 0 Å². The molecule has 0 aliphatic rings. The van der Waals surface area contributed by atoms with Crippen LogP contribution in [0.3, 0.4) is 0 Å². The number of halogens is 1. The van der Waals surface area contributed by atoms with E-state index in [1.165, 1.54) is 7.11 Å². The standard InChI is InChI=1S/C11H13ClN2O2S/c1-14(6-10(15)16-2)9-4-3-7(11(13)17)5-8(9)12/h3-5H,6H2,1-2H3,(H2,13,17). The molecule has 0 fully saturated rings. The topological polar surface area (TPSA) is 55.6 Å². The fourth-order valence-electron chi connectivity index (χ4n) is 1.31. The van der Waals surface area contributed by atoms with E-state index in [-0.39, 0.29) is 17.5 Å². The number of anilines is 1. The summed E-state index contributed by atoms with van der Waals surface area (Å²) in [7, 11) is 3.09. The number of hydrogen-bond donors (Lipinski definition) is 1. The second-order valence-electron chi connectivity index (χ2n) is 3.46. The lowest BCUT2D eigenvalue weighted by Crippen LogP contribution is -2.26. The van der Waals surface area contributed by atoms with Gasteiger partial charge in [0.05, 0.1) is 17.8 Å². The fourth-order valence-corrected chi connectivity index (χ4v) is 1.76. The zero-order valence-electron chi connectivity index (χ0n) is 9.57. The van der Waals surface area contributed by atoms with Crippen molar-refractivity contribution in [1.29, 1.82) is 0 Å². The van der Waals surface area contributed by atoms with E-state index in [1.807, 2.05) is 0 Å². The molecule has 0 amide bonds. The van der Waals surface area contributed by atoms with Crippen molar-refractivity contribution < 1.29 is 9.53 Å². The normalized spacial score (nSPS) is 9.82. The molecule has 0 aromatic heterocycles. The van der Waals surface area contributed by atoms with E-state index in [1.54, 1.807) is 30.1 Å². The van der Waals surface area contributed by atoms with Gasteiger partial charge < -0.3 is 15.4 Å². The summed E-state index contributed by atoms with van der Waals surface area (Å²) in [5.41, 5.74) is 6.91. The second-order valence-corrected chi connectivity index (χ2v) is 4.31. The van der Waals surface area contributed by atoms with Gasteiger partial charge in [-0.05, 0) is 18.2 Å². The van der Waals surface area contributed by atoms with Gasteiger partial charge in [0.1, 0.15) is 11.5 Å². The molecule has 0 spiro atoms. The Morgan fingerprint density at radius 2 is 2.24 bits per heavy atom. The van der Waals surface area contributed by atoms with Crippen LogP contribution in [-0.2, 0) is 9.53 Å². The maximum Gasteiger partial charge on any atom is 0.325 e. The van der Waals surface area contributed by atoms with E-state index < -0.39 is 0 Å². The predicted molar refractivity (Wildman–Crippen MR) is 72.6 cm³/mol. The molecular weight excluding hydrogens is 260 g/mol. The molecule has 1 aromatic rings. The molecule has 1 rings (SSSR count). The maximum absolute atomic E-state index is 11.1. The molecule has 2 N–H and O–H groups in total. The van der Waals surface area contributed by atoms with E-state index in [4.69, 9.17) is 29.6 Å². The minimum Gasteiger partial charge on any atom is -0.468 e. The Morgan fingerprint density at radius 3 is 2.71 bits per heavy atom. The Balaban J connectivity index is 2.92. The quantitative estimate of drug-likeness (QED) is 0.666. The molecule has 0 bridgehead atoms. The largest absolute Gasteiger partial charge is 0.468 e. The van der Waals surface area contributed by atoms with Crippen LogP contribution in [0.15, 0.2) is 18.2 Å². The third-order valence-electron chi connectivity index (χ3n) is 2.24. The van der Waals surface area contributed by atoms with Crippen LogP contribution < -0.4 is 10.6 Å². The van der Waals surface area contributed by atoms with Crippen molar-refractivity contribution in [1.82, 2.24) is 0 Å². The summed E-state index contributed by atoms with van der Waals surface area (Å²) in [6.07, 6.45) is 0. The zero-order chi connectivity index (χ0) is 13.0. The molecule has 1 aromatic carbocycles. The molecule has 92 valence electrons. The molecular formula is C11H13ClN2O2S. The summed E-state index contributed by atoms with van der Waals surface area (Å²) in [5, 5.41) is 0.488. The highest BCUT2D eigenvalue weighted by Crippen LogP contribution is 2.25. The fraction of sp³-hybridized carbons (Fsp3) is 0.273. The lowest BCUT2D eigenvalue weighted by molar-refractivity contribution is -0.138. The average molecular weight is 273 g/mol. The minimum absolute atomic E-state index is 0.128. The first-order chi connectivity index (χ1) is 7.95. The van der Waals surface area contributed by atoms with Gasteiger partial charge in [0.15, 0.2) is 0 Å². The summed E-state index contributed by atoms with van der Waals surface area (Å²) >= 11 is 10.9. The number of hydrogen-bond acceptors (Lipinski definition) is 4. The Morgan fingerprint density at radius 1 is 1.59 bits per heavy atom. The van der Waals surface area contributed by atoms with E-state index in [2.05, 4.69) is 4.74 Å². The first-order valence-electron chi connectivity index (χ1n) is 4.83. The van der Waals surface area contributed by atoms with Crippen LogP contribution >= 0.6 is 23.8 Å². The van der Waals surface area contributed by atoms with Crippen LogP contribution in [0.1, 0.15) is 5.56 Å². The van der Waals surface area contributed by atoms with Crippen LogP contribution in [0.4, 0.5) is 5.69 Å². The van der Waals surface area contributed by atoms with Gasteiger partial charge in [-0.1, -0.05) is 23.8 Å².